The molecule has 1 aromatic carbocycles. The van der Waals surface area contributed by atoms with Crippen molar-refractivity contribution in [2.75, 3.05) is 33.3 Å². The van der Waals surface area contributed by atoms with Crippen molar-refractivity contribution in [1.29, 1.82) is 0 Å². The molecule has 2 N–H and O–H groups in total. The van der Waals surface area contributed by atoms with Crippen LogP contribution in [0.25, 0.3) is 10.9 Å². The van der Waals surface area contributed by atoms with E-state index in [-0.39, 0.29) is 17.9 Å². The zero-order valence-electron chi connectivity index (χ0n) is 17.1. The molecule has 1 aliphatic rings. The molecule has 3 rings (SSSR count). The highest BCUT2D eigenvalue weighted by Crippen LogP contribution is 2.17. The van der Waals surface area contributed by atoms with Crippen LogP contribution in [0.3, 0.4) is 0 Å². The normalized spacial score (nSPS) is 16.4. The maximum Gasteiger partial charge on any atom is 0.328 e. The van der Waals surface area contributed by atoms with Crippen LogP contribution in [0.15, 0.2) is 30.3 Å². The van der Waals surface area contributed by atoms with Crippen molar-refractivity contribution in [2.24, 2.45) is 5.92 Å². The largest absolute Gasteiger partial charge is 0.467 e. The number of piperazine rings is 1. The van der Waals surface area contributed by atoms with Crippen molar-refractivity contribution in [3.05, 3.63) is 36.0 Å². The Balaban J connectivity index is 1.58. The minimum Gasteiger partial charge on any atom is -0.467 e. The van der Waals surface area contributed by atoms with E-state index in [9.17, 15) is 14.4 Å². The molecule has 2 atom stereocenters. The number of carbonyl (C=O) groups is 3. The highest BCUT2D eigenvalue weighted by Gasteiger charge is 2.31. The first kappa shape index (κ1) is 20.7. The number of carbonyl (C=O) groups excluding carboxylic acids is 3. The second-order valence-electron chi connectivity index (χ2n) is 7.39. The van der Waals surface area contributed by atoms with Gasteiger partial charge in [-0.1, -0.05) is 38.5 Å². The Hall–Kier alpha value is -3.03. The Labute approximate surface area is 170 Å². The number of urea groups is 1. The molecule has 1 saturated heterocycles. The molecule has 2 heterocycles. The number of benzene rings is 1. The molecule has 29 heavy (non-hydrogen) atoms. The van der Waals surface area contributed by atoms with E-state index < -0.39 is 12.0 Å². The summed E-state index contributed by atoms with van der Waals surface area (Å²) < 4.78 is 4.82. The van der Waals surface area contributed by atoms with Crippen molar-refractivity contribution in [2.45, 2.75) is 26.3 Å². The van der Waals surface area contributed by atoms with Crippen LogP contribution in [0.4, 0.5) is 4.79 Å². The summed E-state index contributed by atoms with van der Waals surface area (Å²) in [5, 5.41) is 3.78. The number of fused-ring (bicyclic) bond motifs is 1. The average molecular weight is 400 g/mol. The van der Waals surface area contributed by atoms with Crippen molar-refractivity contribution in [3.8, 4) is 0 Å². The Morgan fingerprint density at radius 1 is 1.14 bits per heavy atom. The summed E-state index contributed by atoms with van der Waals surface area (Å²) in [5.74, 6) is -0.551. The van der Waals surface area contributed by atoms with Gasteiger partial charge in [0.05, 0.1) is 7.11 Å². The molecule has 0 bridgehead atoms. The minimum atomic E-state index is -0.677. The lowest BCUT2D eigenvalue weighted by molar-refractivity contribution is -0.144. The third-order valence-electron chi connectivity index (χ3n) is 5.56. The number of para-hydroxylation sites is 1. The van der Waals surface area contributed by atoms with E-state index in [1.165, 1.54) is 7.11 Å². The van der Waals surface area contributed by atoms with Gasteiger partial charge in [-0.2, -0.15) is 0 Å². The molecular weight excluding hydrogens is 372 g/mol. The molecular formula is C21H28N4O4. The number of ether oxygens (including phenoxy) is 1. The van der Waals surface area contributed by atoms with Gasteiger partial charge in [-0.05, 0) is 18.1 Å². The number of aromatic amines is 1. The van der Waals surface area contributed by atoms with Gasteiger partial charge < -0.3 is 24.8 Å². The lowest BCUT2D eigenvalue weighted by Gasteiger charge is -2.35. The average Bonchev–Trinajstić information content (AvgIpc) is 3.20. The van der Waals surface area contributed by atoms with Gasteiger partial charge in [0.2, 0.25) is 0 Å². The molecule has 8 nitrogen and oxygen atoms in total. The van der Waals surface area contributed by atoms with Crippen LogP contribution >= 0.6 is 0 Å². The summed E-state index contributed by atoms with van der Waals surface area (Å²) in [6.45, 7) is 5.56. The SMILES string of the molecule is CC[C@@H](C)[C@H](NC(=O)N1CCN(C(=O)c2cc3ccccc3[nH]2)CC1)C(=O)OC. The zero-order valence-corrected chi connectivity index (χ0v) is 17.1. The smallest absolute Gasteiger partial charge is 0.328 e. The Kier molecular flexibility index (Phi) is 6.41. The van der Waals surface area contributed by atoms with E-state index in [1.807, 2.05) is 44.2 Å². The van der Waals surface area contributed by atoms with Crippen LogP contribution < -0.4 is 5.32 Å². The standard InChI is InChI=1S/C21H28N4O4/c1-4-14(2)18(20(27)29-3)23-21(28)25-11-9-24(10-12-25)19(26)17-13-15-7-5-6-8-16(15)22-17/h5-8,13-14,18,22H,4,9-12H2,1-3H3,(H,23,28)/t14-,18+/m1/s1. The van der Waals surface area contributed by atoms with Gasteiger partial charge in [0.15, 0.2) is 0 Å². The molecule has 3 amide bonds. The van der Waals surface area contributed by atoms with E-state index in [4.69, 9.17) is 4.74 Å². The third kappa shape index (κ3) is 4.52. The van der Waals surface area contributed by atoms with Gasteiger partial charge in [0, 0.05) is 37.1 Å². The minimum absolute atomic E-state index is 0.0312. The molecule has 2 aromatic rings. The Bertz CT molecular complexity index is 853. The van der Waals surface area contributed by atoms with Gasteiger partial charge in [0.1, 0.15) is 11.7 Å². The van der Waals surface area contributed by atoms with E-state index >= 15 is 0 Å². The number of nitrogens with zero attached hydrogens (tertiary/aromatic N) is 2. The van der Waals surface area contributed by atoms with Gasteiger partial charge in [-0.15, -0.1) is 0 Å². The summed E-state index contributed by atoms with van der Waals surface area (Å²) in [6.07, 6.45) is 0.743. The number of hydrogen-bond donors (Lipinski definition) is 2. The van der Waals surface area contributed by atoms with E-state index in [0.717, 1.165) is 17.3 Å². The van der Waals surface area contributed by atoms with E-state index in [1.54, 1.807) is 9.80 Å². The number of aromatic nitrogens is 1. The second kappa shape index (κ2) is 8.98. The van der Waals surface area contributed by atoms with E-state index in [0.29, 0.717) is 31.9 Å². The molecule has 0 aliphatic carbocycles. The number of nitrogens with one attached hydrogen (secondary N) is 2. The second-order valence-corrected chi connectivity index (χ2v) is 7.39. The van der Waals surface area contributed by atoms with Crippen LogP contribution in [-0.2, 0) is 9.53 Å². The van der Waals surface area contributed by atoms with Crippen LogP contribution in [0.1, 0.15) is 30.8 Å². The predicted octanol–water partition coefficient (Wildman–Crippen LogP) is 2.22. The van der Waals surface area contributed by atoms with Crippen LogP contribution in [-0.4, -0.2) is 72.0 Å². The van der Waals surface area contributed by atoms with Crippen LogP contribution in [0.2, 0.25) is 0 Å². The number of H-pyrrole nitrogens is 1. The van der Waals surface area contributed by atoms with E-state index in [2.05, 4.69) is 10.3 Å². The summed E-state index contributed by atoms with van der Waals surface area (Å²) in [7, 11) is 1.32. The van der Waals surface area contributed by atoms with Gasteiger partial charge in [0.25, 0.3) is 5.91 Å². The maximum absolute atomic E-state index is 12.8. The van der Waals surface area contributed by atoms with Gasteiger partial charge >= 0.3 is 12.0 Å². The lowest BCUT2D eigenvalue weighted by atomic mass is 9.99. The maximum atomic E-state index is 12.8. The Morgan fingerprint density at radius 3 is 2.41 bits per heavy atom. The monoisotopic (exact) mass is 400 g/mol. The summed E-state index contributed by atoms with van der Waals surface area (Å²) >= 11 is 0. The molecule has 0 spiro atoms. The first-order valence-electron chi connectivity index (χ1n) is 9.94. The van der Waals surface area contributed by atoms with Crippen LogP contribution in [0.5, 0.6) is 0 Å². The first-order chi connectivity index (χ1) is 13.9. The molecule has 0 saturated carbocycles. The summed E-state index contributed by atoms with van der Waals surface area (Å²) in [4.78, 5) is 43.9. The van der Waals surface area contributed by atoms with Crippen molar-refractivity contribution < 1.29 is 19.1 Å². The van der Waals surface area contributed by atoms with Gasteiger partial charge in [-0.25, -0.2) is 9.59 Å². The van der Waals surface area contributed by atoms with Gasteiger partial charge in [-0.3, -0.25) is 4.79 Å². The third-order valence-corrected chi connectivity index (χ3v) is 5.56. The molecule has 1 aromatic heterocycles. The highest BCUT2D eigenvalue weighted by molar-refractivity contribution is 5.98. The number of rotatable bonds is 5. The summed E-state index contributed by atoms with van der Waals surface area (Å²) in [6, 6.07) is 8.61. The fourth-order valence-corrected chi connectivity index (χ4v) is 3.49. The Morgan fingerprint density at radius 2 is 1.79 bits per heavy atom. The predicted molar refractivity (Wildman–Crippen MR) is 110 cm³/mol. The lowest BCUT2D eigenvalue weighted by Crippen LogP contribution is -2.56. The molecule has 1 aliphatic heterocycles. The number of hydrogen-bond acceptors (Lipinski definition) is 4. The van der Waals surface area contributed by atoms with Crippen molar-refractivity contribution in [1.82, 2.24) is 20.1 Å². The highest BCUT2D eigenvalue weighted by atomic mass is 16.5. The molecule has 8 heteroatoms. The quantitative estimate of drug-likeness (QED) is 0.753. The first-order valence-corrected chi connectivity index (χ1v) is 9.94. The number of methoxy groups -OCH3 is 1. The van der Waals surface area contributed by atoms with Crippen molar-refractivity contribution in [3.63, 3.8) is 0 Å². The van der Waals surface area contributed by atoms with Crippen LogP contribution in [0, 0.1) is 5.92 Å². The number of amides is 3. The molecule has 156 valence electrons. The topological polar surface area (TPSA) is 94.7 Å². The molecule has 0 radical (unpaired) electrons. The molecule has 0 unspecified atom stereocenters. The molecule has 1 fully saturated rings. The zero-order chi connectivity index (χ0) is 21.0. The fraction of sp³-hybridized carbons (Fsp3) is 0.476. The fourth-order valence-electron chi connectivity index (χ4n) is 3.49. The van der Waals surface area contributed by atoms with Crippen molar-refractivity contribution >= 4 is 28.8 Å². The number of esters is 1. The summed E-state index contributed by atoms with van der Waals surface area (Å²) in [5.41, 5.74) is 1.47.